The van der Waals surface area contributed by atoms with Gasteiger partial charge in [0, 0.05) is 0 Å². The summed E-state index contributed by atoms with van der Waals surface area (Å²) in [6, 6.07) is 0. The molecular formula is C27H46Cl2O2. The molecule has 0 aromatic rings. The predicted molar refractivity (Wildman–Crippen MR) is 131 cm³/mol. The highest BCUT2D eigenvalue weighted by Crippen LogP contribution is 2.71. The van der Waals surface area contributed by atoms with Gasteiger partial charge in [-0.2, -0.15) is 0 Å². The van der Waals surface area contributed by atoms with Crippen LogP contribution in [0.4, 0.5) is 0 Å². The molecule has 180 valence electrons. The number of hydrogen-bond acceptors (Lipinski definition) is 2. The molecule has 4 saturated carbocycles. The van der Waals surface area contributed by atoms with Gasteiger partial charge in [-0.05, 0) is 112 Å². The molecule has 10 unspecified atom stereocenters. The van der Waals surface area contributed by atoms with Crippen LogP contribution in [-0.2, 0) is 0 Å². The van der Waals surface area contributed by atoms with Crippen molar-refractivity contribution >= 4 is 23.2 Å². The SMILES string of the molecule is CC(CCCC(C)(C)O)C1CCC2C3CC(Cl)C4(Cl)CC(O)CCC4(C)C3CCC12C. The number of aliphatic hydroxyl groups excluding tert-OH is 1. The van der Waals surface area contributed by atoms with Crippen LogP contribution < -0.4 is 0 Å². The Hall–Kier alpha value is 0.500. The molecule has 4 aliphatic rings. The van der Waals surface area contributed by atoms with Gasteiger partial charge in [0.25, 0.3) is 0 Å². The highest BCUT2D eigenvalue weighted by atomic mass is 35.5. The fraction of sp³-hybridized carbons (Fsp3) is 1.00. The van der Waals surface area contributed by atoms with E-state index in [0.29, 0.717) is 23.7 Å². The predicted octanol–water partition coefficient (Wildman–Crippen LogP) is 7.16. The molecule has 0 heterocycles. The second kappa shape index (κ2) is 8.31. The number of alkyl halides is 2. The lowest BCUT2D eigenvalue weighted by Crippen LogP contribution is -2.64. The van der Waals surface area contributed by atoms with Crippen LogP contribution in [0.1, 0.15) is 105 Å². The smallest absolute Gasteiger partial charge is 0.0690 e. The lowest BCUT2D eigenvalue weighted by atomic mass is 9.44. The Balaban J connectivity index is 1.51. The summed E-state index contributed by atoms with van der Waals surface area (Å²) in [5.74, 6) is 3.60. The summed E-state index contributed by atoms with van der Waals surface area (Å²) < 4.78 is 0. The fourth-order valence-corrected chi connectivity index (χ4v) is 10.2. The topological polar surface area (TPSA) is 40.5 Å². The maximum atomic E-state index is 10.4. The van der Waals surface area contributed by atoms with Gasteiger partial charge in [0.15, 0.2) is 0 Å². The van der Waals surface area contributed by atoms with Crippen LogP contribution in [-0.4, -0.2) is 32.2 Å². The van der Waals surface area contributed by atoms with Crippen molar-refractivity contribution in [1.82, 2.24) is 0 Å². The van der Waals surface area contributed by atoms with Crippen LogP contribution in [0.3, 0.4) is 0 Å². The van der Waals surface area contributed by atoms with E-state index in [4.69, 9.17) is 23.2 Å². The van der Waals surface area contributed by atoms with E-state index < -0.39 is 10.5 Å². The molecule has 2 N–H and O–H groups in total. The van der Waals surface area contributed by atoms with Gasteiger partial charge in [-0.25, -0.2) is 0 Å². The van der Waals surface area contributed by atoms with E-state index in [1.165, 1.54) is 32.1 Å². The minimum Gasteiger partial charge on any atom is -0.393 e. The second-order valence-electron chi connectivity index (χ2n) is 13.2. The van der Waals surface area contributed by atoms with Crippen molar-refractivity contribution in [2.75, 3.05) is 0 Å². The Morgan fingerprint density at radius 1 is 1.06 bits per heavy atom. The van der Waals surface area contributed by atoms with Gasteiger partial charge >= 0.3 is 0 Å². The highest BCUT2D eigenvalue weighted by Gasteiger charge is 2.67. The monoisotopic (exact) mass is 472 g/mol. The quantitative estimate of drug-likeness (QED) is 0.416. The zero-order chi connectivity index (χ0) is 22.8. The van der Waals surface area contributed by atoms with E-state index in [2.05, 4.69) is 20.8 Å². The summed E-state index contributed by atoms with van der Waals surface area (Å²) in [6.07, 6.45) is 11.8. The molecule has 0 amide bonds. The van der Waals surface area contributed by atoms with Gasteiger partial charge in [0.2, 0.25) is 0 Å². The third-order valence-corrected chi connectivity index (χ3v) is 12.4. The van der Waals surface area contributed by atoms with Crippen molar-refractivity contribution in [2.45, 2.75) is 127 Å². The van der Waals surface area contributed by atoms with Gasteiger partial charge < -0.3 is 10.2 Å². The first kappa shape index (κ1) is 24.6. The maximum Gasteiger partial charge on any atom is 0.0690 e. The van der Waals surface area contributed by atoms with Crippen LogP contribution in [0, 0.1) is 40.4 Å². The summed E-state index contributed by atoms with van der Waals surface area (Å²) >= 11 is 14.4. The lowest BCUT2D eigenvalue weighted by Gasteiger charge is -2.65. The van der Waals surface area contributed by atoms with Crippen molar-refractivity contribution in [3.05, 3.63) is 0 Å². The number of halogens is 2. The van der Waals surface area contributed by atoms with Crippen molar-refractivity contribution in [3.8, 4) is 0 Å². The zero-order valence-corrected chi connectivity index (χ0v) is 22.0. The molecule has 0 saturated heterocycles. The van der Waals surface area contributed by atoms with E-state index in [-0.39, 0.29) is 16.9 Å². The number of fused-ring (bicyclic) bond motifs is 5. The molecule has 0 aliphatic heterocycles. The first-order chi connectivity index (χ1) is 14.3. The molecule has 4 heteroatoms. The summed E-state index contributed by atoms with van der Waals surface area (Å²) in [5, 5.41) is 20.5. The molecule has 4 fully saturated rings. The Morgan fingerprint density at radius 3 is 2.45 bits per heavy atom. The third kappa shape index (κ3) is 4.02. The minimum absolute atomic E-state index is 0.0408. The van der Waals surface area contributed by atoms with Gasteiger partial charge in [-0.1, -0.05) is 33.6 Å². The number of hydrogen-bond donors (Lipinski definition) is 2. The minimum atomic E-state index is -0.547. The number of aliphatic hydroxyl groups is 2. The Labute approximate surface area is 200 Å². The molecule has 4 rings (SSSR count). The van der Waals surface area contributed by atoms with E-state index in [0.717, 1.165) is 49.9 Å². The summed E-state index contributed by atoms with van der Waals surface area (Å²) in [5.41, 5.74) is -0.0853. The van der Waals surface area contributed by atoms with E-state index in [9.17, 15) is 10.2 Å². The summed E-state index contributed by atoms with van der Waals surface area (Å²) in [4.78, 5) is -0.455. The van der Waals surface area contributed by atoms with Crippen LogP contribution in [0.2, 0.25) is 0 Å². The van der Waals surface area contributed by atoms with Crippen molar-refractivity contribution in [2.24, 2.45) is 40.4 Å². The van der Waals surface area contributed by atoms with Gasteiger partial charge in [-0.3, -0.25) is 0 Å². The summed E-state index contributed by atoms with van der Waals surface area (Å²) in [7, 11) is 0. The van der Waals surface area contributed by atoms with Gasteiger partial charge in [0.1, 0.15) is 0 Å². The first-order valence-corrected chi connectivity index (χ1v) is 13.9. The molecule has 0 bridgehead atoms. The van der Waals surface area contributed by atoms with Crippen LogP contribution in [0.15, 0.2) is 0 Å². The molecule has 0 spiro atoms. The molecule has 0 aromatic heterocycles. The van der Waals surface area contributed by atoms with E-state index >= 15 is 0 Å². The van der Waals surface area contributed by atoms with Crippen molar-refractivity contribution in [1.29, 1.82) is 0 Å². The molecular weight excluding hydrogens is 427 g/mol. The molecule has 4 aliphatic carbocycles. The first-order valence-electron chi connectivity index (χ1n) is 13.1. The van der Waals surface area contributed by atoms with Crippen molar-refractivity contribution < 1.29 is 10.2 Å². The Kier molecular flexibility index (Phi) is 6.60. The van der Waals surface area contributed by atoms with E-state index in [1.54, 1.807) is 0 Å². The van der Waals surface area contributed by atoms with Crippen LogP contribution in [0.25, 0.3) is 0 Å². The average molecular weight is 474 g/mol. The number of rotatable bonds is 5. The largest absolute Gasteiger partial charge is 0.393 e. The highest BCUT2D eigenvalue weighted by molar-refractivity contribution is 6.33. The van der Waals surface area contributed by atoms with Crippen molar-refractivity contribution in [3.63, 3.8) is 0 Å². The van der Waals surface area contributed by atoms with Crippen LogP contribution in [0.5, 0.6) is 0 Å². The molecule has 31 heavy (non-hydrogen) atoms. The second-order valence-corrected chi connectivity index (χ2v) is 14.4. The molecule has 10 atom stereocenters. The van der Waals surface area contributed by atoms with Gasteiger partial charge in [-0.15, -0.1) is 23.2 Å². The average Bonchev–Trinajstić information content (AvgIpc) is 3.01. The normalized spacial score (nSPS) is 51.0. The Morgan fingerprint density at radius 2 is 1.77 bits per heavy atom. The summed E-state index contributed by atoms with van der Waals surface area (Å²) in [6.45, 7) is 11.3. The third-order valence-electron chi connectivity index (χ3n) is 10.9. The fourth-order valence-electron chi connectivity index (χ4n) is 9.20. The molecule has 0 aromatic carbocycles. The molecule has 2 nitrogen and oxygen atoms in total. The standard InChI is InChI=1S/C27H46Cl2O2/c1-17(7-6-12-24(2,3)31)20-8-9-21-19-15-23(28)27(29)16-18(30)10-14-26(27,5)22(19)11-13-25(20,21)4/h17-23,30-31H,6-16H2,1-5H3. The van der Waals surface area contributed by atoms with Gasteiger partial charge in [0.05, 0.1) is 22.0 Å². The molecule has 0 radical (unpaired) electrons. The van der Waals surface area contributed by atoms with E-state index in [1.807, 2.05) is 13.8 Å². The van der Waals surface area contributed by atoms with Crippen LogP contribution >= 0.6 is 23.2 Å². The lowest BCUT2D eigenvalue weighted by molar-refractivity contribution is -0.117. The zero-order valence-electron chi connectivity index (χ0n) is 20.5. The maximum absolute atomic E-state index is 10.4. The Bertz CT molecular complexity index is 662.